The van der Waals surface area contributed by atoms with Crippen LogP contribution >= 0.6 is 0 Å². The number of likely N-dealkylation sites (N-methyl/N-ethyl adjacent to an activating group) is 1. The smallest absolute Gasteiger partial charge is 0.342 e. The fourth-order valence-electron chi connectivity index (χ4n) is 2.74. The molecule has 0 spiro atoms. The van der Waals surface area contributed by atoms with Crippen LogP contribution in [0.1, 0.15) is 22.8 Å². The highest BCUT2D eigenvalue weighted by Crippen LogP contribution is 2.39. The number of carbonyl (C=O) groups is 2. The molecule has 0 aliphatic carbocycles. The molecule has 0 aromatic heterocycles. The van der Waals surface area contributed by atoms with Gasteiger partial charge in [0.1, 0.15) is 5.56 Å². The van der Waals surface area contributed by atoms with Crippen LogP contribution < -0.4 is 14.2 Å². The number of ether oxygens (including phenoxy) is 4. The molecular formula is C21H25NO6. The van der Waals surface area contributed by atoms with Gasteiger partial charge in [0.05, 0.1) is 21.3 Å². The fourth-order valence-corrected chi connectivity index (χ4v) is 2.74. The highest BCUT2D eigenvalue weighted by molar-refractivity contribution is 5.95. The van der Waals surface area contributed by atoms with Crippen molar-refractivity contribution in [1.82, 2.24) is 4.90 Å². The Balaban J connectivity index is 2.07. The second-order valence-electron chi connectivity index (χ2n) is 5.85. The lowest BCUT2D eigenvalue weighted by Crippen LogP contribution is -2.34. The van der Waals surface area contributed by atoms with Crippen LogP contribution in [-0.2, 0) is 16.1 Å². The Labute approximate surface area is 164 Å². The van der Waals surface area contributed by atoms with Crippen molar-refractivity contribution >= 4 is 11.9 Å². The molecule has 2 rings (SSSR count). The Hall–Kier alpha value is -3.22. The molecule has 7 nitrogen and oxygen atoms in total. The Morgan fingerprint density at radius 3 is 2.14 bits per heavy atom. The average molecular weight is 387 g/mol. The summed E-state index contributed by atoms with van der Waals surface area (Å²) < 4.78 is 21.0. The lowest BCUT2D eigenvalue weighted by atomic mass is 10.1. The Bertz CT molecular complexity index is 806. The Morgan fingerprint density at radius 2 is 1.57 bits per heavy atom. The van der Waals surface area contributed by atoms with Crippen LogP contribution in [0.15, 0.2) is 42.5 Å². The molecule has 0 atom stereocenters. The summed E-state index contributed by atoms with van der Waals surface area (Å²) in [4.78, 5) is 26.6. The standard InChI is InChI=1S/C21H25NO6/c1-5-22(13-15-9-7-6-8-10-15)18(23)14-28-21(24)16-11-12-17(25-2)20(27-4)19(16)26-3/h6-12H,5,13-14H2,1-4H3. The Kier molecular flexibility index (Phi) is 7.68. The summed E-state index contributed by atoms with van der Waals surface area (Å²) in [5.74, 6) is -0.0611. The molecule has 28 heavy (non-hydrogen) atoms. The van der Waals surface area contributed by atoms with E-state index in [2.05, 4.69) is 0 Å². The van der Waals surface area contributed by atoms with E-state index in [9.17, 15) is 9.59 Å². The van der Waals surface area contributed by atoms with Crippen molar-refractivity contribution in [2.24, 2.45) is 0 Å². The van der Waals surface area contributed by atoms with E-state index in [0.29, 0.717) is 18.8 Å². The van der Waals surface area contributed by atoms with E-state index in [4.69, 9.17) is 18.9 Å². The highest BCUT2D eigenvalue weighted by Gasteiger charge is 2.23. The quantitative estimate of drug-likeness (QED) is 0.616. The molecule has 2 aromatic rings. The molecule has 150 valence electrons. The summed E-state index contributed by atoms with van der Waals surface area (Å²) >= 11 is 0. The molecular weight excluding hydrogens is 362 g/mol. The first-order valence-electron chi connectivity index (χ1n) is 8.83. The van der Waals surface area contributed by atoms with Crippen molar-refractivity contribution < 1.29 is 28.5 Å². The van der Waals surface area contributed by atoms with Gasteiger partial charge in [0, 0.05) is 13.1 Å². The molecule has 1 amide bonds. The number of esters is 1. The van der Waals surface area contributed by atoms with Crippen molar-refractivity contribution in [3.05, 3.63) is 53.6 Å². The van der Waals surface area contributed by atoms with Crippen molar-refractivity contribution in [2.45, 2.75) is 13.5 Å². The number of amides is 1. The Morgan fingerprint density at radius 1 is 0.893 bits per heavy atom. The van der Waals surface area contributed by atoms with E-state index < -0.39 is 5.97 Å². The first-order valence-corrected chi connectivity index (χ1v) is 8.83. The largest absolute Gasteiger partial charge is 0.493 e. The van der Waals surface area contributed by atoms with Crippen LogP contribution in [0.5, 0.6) is 17.2 Å². The molecule has 0 N–H and O–H groups in total. The van der Waals surface area contributed by atoms with Gasteiger partial charge in [-0.05, 0) is 24.6 Å². The molecule has 0 radical (unpaired) electrons. The zero-order chi connectivity index (χ0) is 20.5. The maximum absolute atomic E-state index is 12.5. The normalized spacial score (nSPS) is 10.1. The van der Waals surface area contributed by atoms with Gasteiger partial charge < -0.3 is 23.8 Å². The van der Waals surface area contributed by atoms with Gasteiger partial charge in [-0.25, -0.2) is 4.79 Å². The molecule has 0 unspecified atom stereocenters. The van der Waals surface area contributed by atoms with Crippen LogP contribution in [0.4, 0.5) is 0 Å². The summed E-state index contributed by atoms with van der Waals surface area (Å²) in [6.07, 6.45) is 0. The van der Waals surface area contributed by atoms with Gasteiger partial charge in [0.25, 0.3) is 5.91 Å². The van der Waals surface area contributed by atoms with Gasteiger partial charge in [0.15, 0.2) is 18.1 Å². The lowest BCUT2D eigenvalue weighted by molar-refractivity contribution is -0.134. The summed E-state index contributed by atoms with van der Waals surface area (Å²) in [7, 11) is 4.35. The molecule has 0 aliphatic heterocycles. The molecule has 7 heteroatoms. The van der Waals surface area contributed by atoms with Crippen LogP contribution in [0.2, 0.25) is 0 Å². The summed E-state index contributed by atoms with van der Waals surface area (Å²) in [5.41, 5.74) is 1.16. The number of nitrogens with zero attached hydrogens (tertiary/aromatic N) is 1. The molecule has 0 saturated carbocycles. The number of hydrogen-bond donors (Lipinski definition) is 0. The van der Waals surface area contributed by atoms with Crippen LogP contribution in [0.25, 0.3) is 0 Å². The predicted octanol–water partition coefficient (Wildman–Crippen LogP) is 2.92. The van der Waals surface area contributed by atoms with Crippen LogP contribution in [0, 0.1) is 0 Å². The van der Waals surface area contributed by atoms with E-state index in [1.54, 1.807) is 11.0 Å². The van der Waals surface area contributed by atoms with Crippen LogP contribution in [0.3, 0.4) is 0 Å². The lowest BCUT2D eigenvalue weighted by Gasteiger charge is -2.21. The molecule has 2 aromatic carbocycles. The molecule has 0 bridgehead atoms. The monoisotopic (exact) mass is 387 g/mol. The zero-order valence-corrected chi connectivity index (χ0v) is 16.6. The topological polar surface area (TPSA) is 74.3 Å². The van der Waals surface area contributed by atoms with Gasteiger partial charge in [0.2, 0.25) is 5.75 Å². The third-order valence-electron chi connectivity index (χ3n) is 4.20. The van der Waals surface area contributed by atoms with E-state index in [0.717, 1.165) is 5.56 Å². The third-order valence-corrected chi connectivity index (χ3v) is 4.20. The zero-order valence-electron chi connectivity index (χ0n) is 16.6. The number of hydrogen-bond acceptors (Lipinski definition) is 6. The van der Waals surface area contributed by atoms with Gasteiger partial charge in [-0.1, -0.05) is 30.3 Å². The average Bonchev–Trinajstić information content (AvgIpc) is 2.74. The van der Waals surface area contributed by atoms with Crippen molar-refractivity contribution in [2.75, 3.05) is 34.5 Å². The number of carbonyl (C=O) groups excluding carboxylic acids is 2. The molecule has 0 saturated heterocycles. The number of methoxy groups -OCH3 is 3. The summed E-state index contributed by atoms with van der Waals surface area (Å²) in [5, 5.41) is 0. The SMILES string of the molecule is CCN(Cc1ccccc1)C(=O)COC(=O)c1ccc(OC)c(OC)c1OC. The van der Waals surface area contributed by atoms with Gasteiger partial charge in [-0.2, -0.15) is 0 Å². The number of rotatable bonds is 9. The second kappa shape index (κ2) is 10.2. The van der Waals surface area contributed by atoms with Crippen molar-refractivity contribution in [3.63, 3.8) is 0 Å². The minimum absolute atomic E-state index is 0.152. The van der Waals surface area contributed by atoms with Gasteiger partial charge in [-0.3, -0.25) is 4.79 Å². The molecule has 0 aliphatic rings. The van der Waals surface area contributed by atoms with E-state index in [-0.39, 0.29) is 29.6 Å². The fraction of sp³-hybridized carbons (Fsp3) is 0.333. The van der Waals surface area contributed by atoms with Gasteiger partial charge >= 0.3 is 5.97 Å². The van der Waals surface area contributed by atoms with Crippen molar-refractivity contribution in [3.8, 4) is 17.2 Å². The van der Waals surface area contributed by atoms with E-state index >= 15 is 0 Å². The first kappa shape index (κ1) is 21.1. The van der Waals surface area contributed by atoms with E-state index in [1.165, 1.54) is 27.4 Å². The molecule has 0 fully saturated rings. The maximum atomic E-state index is 12.5. The molecule has 0 heterocycles. The van der Waals surface area contributed by atoms with Crippen molar-refractivity contribution in [1.29, 1.82) is 0 Å². The summed E-state index contributed by atoms with van der Waals surface area (Å²) in [6, 6.07) is 12.7. The third kappa shape index (κ3) is 4.94. The summed E-state index contributed by atoms with van der Waals surface area (Å²) in [6.45, 7) is 2.47. The predicted molar refractivity (Wildman–Crippen MR) is 104 cm³/mol. The van der Waals surface area contributed by atoms with Gasteiger partial charge in [-0.15, -0.1) is 0 Å². The van der Waals surface area contributed by atoms with Crippen LogP contribution in [-0.4, -0.2) is 51.3 Å². The first-order chi connectivity index (χ1) is 13.5. The van der Waals surface area contributed by atoms with E-state index in [1.807, 2.05) is 37.3 Å². The minimum Gasteiger partial charge on any atom is -0.493 e. The second-order valence-corrected chi connectivity index (χ2v) is 5.85. The highest BCUT2D eigenvalue weighted by atomic mass is 16.5. The maximum Gasteiger partial charge on any atom is 0.342 e. The number of benzene rings is 2. The minimum atomic E-state index is -0.679.